The Morgan fingerprint density at radius 3 is 2.86 bits per heavy atom. The van der Waals surface area contributed by atoms with E-state index in [4.69, 9.17) is 4.74 Å². The number of ether oxygens (including phenoxy) is 1. The van der Waals surface area contributed by atoms with Gasteiger partial charge in [-0.05, 0) is 25.7 Å². The molecule has 0 aromatic carbocycles. The zero-order chi connectivity index (χ0) is 10.2. The first-order chi connectivity index (χ1) is 6.86. The Morgan fingerprint density at radius 1 is 1.29 bits per heavy atom. The third-order valence-electron chi connectivity index (χ3n) is 3.02. The van der Waals surface area contributed by atoms with E-state index in [0.29, 0.717) is 12.2 Å². The minimum absolute atomic E-state index is 0.333. The van der Waals surface area contributed by atoms with Gasteiger partial charge in [-0.25, -0.2) is 0 Å². The maximum absolute atomic E-state index is 5.90. The van der Waals surface area contributed by atoms with E-state index >= 15 is 0 Å². The SMILES string of the molecule is C=C[C@H]1CCC[C@@H](CCCCCC)O1. The Labute approximate surface area is 88.5 Å². The van der Waals surface area contributed by atoms with Crippen LogP contribution in [0, 0.1) is 0 Å². The number of hydrogen-bond acceptors (Lipinski definition) is 1. The van der Waals surface area contributed by atoms with Crippen molar-refractivity contribution in [2.75, 3.05) is 0 Å². The first kappa shape index (κ1) is 11.8. The molecule has 0 aromatic heterocycles. The van der Waals surface area contributed by atoms with Gasteiger partial charge in [0.05, 0.1) is 12.2 Å². The van der Waals surface area contributed by atoms with Gasteiger partial charge in [-0.3, -0.25) is 0 Å². The predicted molar refractivity (Wildman–Crippen MR) is 61.5 cm³/mol. The van der Waals surface area contributed by atoms with Gasteiger partial charge < -0.3 is 4.74 Å². The normalized spacial score (nSPS) is 27.5. The number of unbranched alkanes of at least 4 members (excludes halogenated alkanes) is 3. The zero-order valence-corrected chi connectivity index (χ0v) is 9.50. The second-order valence-corrected chi connectivity index (χ2v) is 4.31. The van der Waals surface area contributed by atoms with Crippen LogP contribution < -0.4 is 0 Å². The van der Waals surface area contributed by atoms with Gasteiger partial charge >= 0.3 is 0 Å². The summed E-state index contributed by atoms with van der Waals surface area (Å²) in [6.45, 7) is 6.06. The van der Waals surface area contributed by atoms with E-state index in [9.17, 15) is 0 Å². The van der Waals surface area contributed by atoms with Crippen LogP contribution in [0.15, 0.2) is 12.7 Å². The standard InChI is InChI=1S/C13H24O/c1-3-5-6-7-9-13-11-8-10-12(4-2)14-13/h4,12-13H,2-3,5-11H2,1H3/t12-,13+/m0/s1. The van der Waals surface area contributed by atoms with Crippen LogP contribution >= 0.6 is 0 Å². The fraction of sp³-hybridized carbons (Fsp3) is 0.846. The molecule has 1 saturated heterocycles. The highest BCUT2D eigenvalue weighted by molar-refractivity contribution is 4.84. The quantitative estimate of drug-likeness (QED) is 0.459. The van der Waals surface area contributed by atoms with Crippen molar-refractivity contribution >= 4 is 0 Å². The van der Waals surface area contributed by atoms with Crippen molar-refractivity contribution in [3.05, 3.63) is 12.7 Å². The molecular weight excluding hydrogens is 172 g/mol. The summed E-state index contributed by atoms with van der Waals surface area (Å²) in [7, 11) is 0. The van der Waals surface area contributed by atoms with Gasteiger partial charge in [0.15, 0.2) is 0 Å². The van der Waals surface area contributed by atoms with Gasteiger partial charge in [-0.1, -0.05) is 38.7 Å². The van der Waals surface area contributed by atoms with Gasteiger partial charge in [0.1, 0.15) is 0 Å². The average Bonchev–Trinajstić information content (AvgIpc) is 2.25. The second-order valence-electron chi connectivity index (χ2n) is 4.31. The summed E-state index contributed by atoms with van der Waals surface area (Å²) in [6.07, 6.45) is 13.2. The molecule has 1 rings (SSSR count). The van der Waals surface area contributed by atoms with E-state index in [1.807, 2.05) is 6.08 Å². The Bertz CT molecular complexity index is 153. The molecule has 0 unspecified atom stereocenters. The van der Waals surface area contributed by atoms with Crippen molar-refractivity contribution in [3.63, 3.8) is 0 Å². The van der Waals surface area contributed by atoms with Crippen LogP contribution in [-0.2, 0) is 4.74 Å². The summed E-state index contributed by atoms with van der Waals surface area (Å²) < 4.78 is 5.90. The highest BCUT2D eigenvalue weighted by atomic mass is 16.5. The largest absolute Gasteiger partial charge is 0.371 e. The molecule has 1 heteroatoms. The summed E-state index contributed by atoms with van der Waals surface area (Å²) in [4.78, 5) is 0. The fourth-order valence-corrected chi connectivity index (χ4v) is 2.11. The van der Waals surface area contributed by atoms with Gasteiger partial charge in [0.2, 0.25) is 0 Å². The fourth-order valence-electron chi connectivity index (χ4n) is 2.11. The maximum atomic E-state index is 5.90. The van der Waals surface area contributed by atoms with Crippen LogP contribution in [-0.4, -0.2) is 12.2 Å². The third-order valence-corrected chi connectivity index (χ3v) is 3.02. The molecule has 1 fully saturated rings. The second kappa shape index (κ2) is 7.05. The van der Waals surface area contributed by atoms with Crippen molar-refractivity contribution in [1.82, 2.24) is 0 Å². The van der Waals surface area contributed by atoms with Crippen molar-refractivity contribution in [3.8, 4) is 0 Å². The lowest BCUT2D eigenvalue weighted by Crippen LogP contribution is -2.25. The molecule has 1 heterocycles. The van der Waals surface area contributed by atoms with Crippen molar-refractivity contribution in [2.24, 2.45) is 0 Å². The van der Waals surface area contributed by atoms with Crippen LogP contribution in [0.1, 0.15) is 58.3 Å². The lowest BCUT2D eigenvalue weighted by atomic mass is 9.99. The Kier molecular flexibility index (Phi) is 5.93. The van der Waals surface area contributed by atoms with E-state index in [1.54, 1.807) is 0 Å². The van der Waals surface area contributed by atoms with E-state index < -0.39 is 0 Å². The molecule has 0 saturated carbocycles. The van der Waals surface area contributed by atoms with Crippen LogP contribution in [0.25, 0.3) is 0 Å². The first-order valence-electron chi connectivity index (χ1n) is 6.14. The van der Waals surface area contributed by atoms with Gasteiger partial charge in [-0.15, -0.1) is 6.58 Å². The molecule has 1 aliphatic rings. The van der Waals surface area contributed by atoms with Crippen LogP contribution in [0.5, 0.6) is 0 Å². The van der Waals surface area contributed by atoms with E-state index in [1.165, 1.54) is 51.4 Å². The van der Waals surface area contributed by atoms with Crippen molar-refractivity contribution < 1.29 is 4.74 Å². The van der Waals surface area contributed by atoms with E-state index in [2.05, 4.69) is 13.5 Å². The Morgan fingerprint density at radius 2 is 2.14 bits per heavy atom. The van der Waals surface area contributed by atoms with Gasteiger partial charge in [0, 0.05) is 0 Å². The average molecular weight is 196 g/mol. The van der Waals surface area contributed by atoms with Gasteiger partial charge in [0.25, 0.3) is 0 Å². The molecule has 0 N–H and O–H groups in total. The Balaban J connectivity index is 2.08. The molecule has 1 nitrogen and oxygen atoms in total. The van der Waals surface area contributed by atoms with Crippen LogP contribution in [0.2, 0.25) is 0 Å². The minimum atomic E-state index is 0.333. The summed E-state index contributed by atoms with van der Waals surface area (Å²) in [5, 5.41) is 0. The molecule has 0 amide bonds. The van der Waals surface area contributed by atoms with Gasteiger partial charge in [-0.2, -0.15) is 0 Å². The molecule has 0 aliphatic carbocycles. The highest BCUT2D eigenvalue weighted by Crippen LogP contribution is 2.23. The zero-order valence-electron chi connectivity index (χ0n) is 9.50. The monoisotopic (exact) mass is 196 g/mol. The van der Waals surface area contributed by atoms with E-state index in [-0.39, 0.29) is 0 Å². The molecule has 0 aromatic rings. The predicted octanol–water partition coefficient (Wildman–Crippen LogP) is 4.08. The third kappa shape index (κ3) is 4.28. The first-order valence-corrected chi connectivity index (χ1v) is 6.14. The van der Waals surface area contributed by atoms with Crippen molar-refractivity contribution in [2.45, 2.75) is 70.5 Å². The number of rotatable bonds is 6. The van der Waals surface area contributed by atoms with Crippen molar-refractivity contribution in [1.29, 1.82) is 0 Å². The summed E-state index contributed by atoms with van der Waals surface area (Å²) in [5.74, 6) is 0. The maximum Gasteiger partial charge on any atom is 0.0757 e. The molecule has 1 aliphatic heterocycles. The molecular formula is C13H24O. The summed E-state index contributed by atoms with van der Waals surface area (Å²) in [5.41, 5.74) is 0. The van der Waals surface area contributed by atoms with E-state index in [0.717, 1.165) is 0 Å². The molecule has 82 valence electrons. The molecule has 0 bridgehead atoms. The molecule has 0 radical (unpaired) electrons. The molecule has 14 heavy (non-hydrogen) atoms. The summed E-state index contributed by atoms with van der Waals surface area (Å²) >= 11 is 0. The van der Waals surface area contributed by atoms with Crippen LogP contribution in [0.3, 0.4) is 0 Å². The lowest BCUT2D eigenvalue weighted by molar-refractivity contribution is -0.0298. The molecule has 0 spiro atoms. The minimum Gasteiger partial charge on any atom is -0.371 e. The Hall–Kier alpha value is -0.300. The molecule has 2 atom stereocenters. The smallest absolute Gasteiger partial charge is 0.0757 e. The highest BCUT2D eigenvalue weighted by Gasteiger charge is 2.19. The summed E-state index contributed by atoms with van der Waals surface area (Å²) in [6, 6.07) is 0. The number of hydrogen-bond donors (Lipinski definition) is 0. The van der Waals surface area contributed by atoms with Crippen LogP contribution in [0.4, 0.5) is 0 Å². The lowest BCUT2D eigenvalue weighted by Gasteiger charge is -2.28. The topological polar surface area (TPSA) is 9.23 Å².